The van der Waals surface area contributed by atoms with Crippen molar-refractivity contribution in [2.45, 2.75) is 18.9 Å². The third kappa shape index (κ3) is 2.13. The molecular formula is C9H12ClN3O. The first-order chi connectivity index (χ1) is 6.75. The molecule has 1 saturated carbocycles. The van der Waals surface area contributed by atoms with Crippen molar-refractivity contribution in [1.29, 1.82) is 0 Å². The Morgan fingerprint density at radius 1 is 1.43 bits per heavy atom. The normalized spacial score (nSPS) is 25.6. The molecule has 14 heavy (non-hydrogen) atoms. The molecule has 0 aliphatic heterocycles. The summed E-state index contributed by atoms with van der Waals surface area (Å²) >= 11 is 5.81. The molecule has 0 spiro atoms. The molecule has 1 aromatic heterocycles. The lowest BCUT2D eigenvalue weighted by atomic mass is 9.82. The Hall–Kier alpha value is -0.870. The maximum absolute atomic E-state index is 9.09. The Bertz CT molecular complexity index is 315. The molecule has 0 radical (unpaired) electrons. The molecule has 76 valence electrons. The van der Waals surface area contributed by atoms with Crippen LogP contribution < -0.4 is 5.32 Å². The van der Waals surface area contributed by atoms with Crippen LogP contribution in [0.15, 0.2) is 12.4 Å². The molecule has 5 heteroatoms. The zero-order valence-electron chi connectivity index (χ0n) is 7.65. The minimum atomic E-state index is -0.112. The van der Waals surface area contributed by atoms with Crippen LogP contribution in [0.4, 0.5) is 5.82 Å². The number of rotatable bonds is 3. The zero-order valence-corrected chi connectivity index (χ0v) is 8.41. The summed E-state index contributed by atoms with van der Waals surface area (Å²) in [5, 5.41) is 12.6. The van der Waals surface area contributed by atoms with Crippen LogP contribution >= 0.6 is 11.6 Å². The minimum absolute atomic E-state index is 0.112. The largest absolute Gasteiger partial charge is 0.393 e. The summed E-state index contributed by atoms with van der Waals surface area (Å²) in [7, 11) is 0. The maximum atomic E-state index is 9.09. The van der Waals surface area contributed by atoms with Crippen molar-refractivity contribution in [2.24, 2.45) is 5.92 Å². The molecule has 0 amide bonds. The van der Waals surface area contributed by atoms with E-state index in [0.717, 1.165) is 19.4 Å². The fraction of sp³-hybridized carbons (Fsp3) is 0.556. The topological polar surface area (TPSA) is 58.0 Å². The highest BCUT2D eigenvalue weighted by molar-refractivity contribution is 6.31. The standard InChI is InChI=1S/C9H12ClN3O/c10-8-9(12-2-1-11-8)13-5-6-3-7(14)4-6/h1-2,6-7,14H,3-5H2,(H,12,13). The smallest absolute Gasteiger partial charge is 0.171 e. The van der Waals surface area contributed by atoms with Crippen molar-refractivity contribution in [2.75, 3.05) is 11.9 Å². The molecule has 1 heterocycles. The summed E-state index contributed by atoms with van der Waals surface area (Å²) in [6.07, 6.45) is 4.78. The van der Waals surface area contributed by atoms with Crippen molar-refractivity contribution in [3.63, 3.8) is 0 Å². The number of aliphatic hydroxyl groups excluding tert-OH is 1. The highest BCUT2D eigenvalue weighted by atomic mass is 35.5. The summed E-state index contributed by atoms with van der Waals surface area (Å²) in [6, 6.07) is 0. The van der Waals surface area contributed by atoms with Crippen molar-refractivity contribution in [3.05, 3.63) is 17.5 Å². The summed E-state index contributed by atoms with van der Waals surface area (Å²) < 4.78 is 0. The van der Waals surface area contributed by atoms with Crippen LogP contribution in [-0.4, -0.2) is 27.7 Å². The fourth-order valence-corrected chi connectivity index (χ4v) is 1.72. The van der Waals surface area contributed by atoms with E-state index in [9.17, 15) is 0 Å². The van der Waals surface area contributed by atoms with E-state index in [1.54, 1.807) is 12.4 Å². The van der Waals surface area contributed by atoms with Crippen molar-refractivity contribution in [3.8, 4) is 0 Å². The number of aromatic nitrogens is 2. The van der Waals surface area contributed by atoms with Crippen molar-refractivity contribution < 1.29 is 5.11 Å². The molecule has 0 unspecified atom stereocenters. The molecule has 1 aliphatic rings. The van der Waals surface area contributed by atoms with E-state index >= 15 is 0 Å². The highest BCUT2D eigenvalue weighted by Gasteiger charge is 2.26. The lowest BCUT2D eigenvalue weighted by Gasteiger charge is -2.31. The number of nitrogens with one attached hydrogen (secondary N) is 1. The minimum Gasteiger partial charge on any atom is -0.393 e. The van der Waals surface area contributed by atoms with Crippen LogP contribution in [-0.2, 0) is 0 Å². The summed E-state index contributed by atoms with van der Waals surface area (Å²) in [6.45, 7) is 0.801. The van der Waals surface area contributed by atoms with E-state index in [4.69, 9.17) is 16.7 Å². The number of hydrogen-bond acceptors (Lipinski definition) is 4. The monoisotopic (exact) mass is 213 g/mol. The summed E-state index contributed by atoms with van der Waals surface area (Å²) in [5.41, 5.74) is 0. The van der Waals surface area contributed by atoms with Gasteiger partial charge >= 0.3 is 0 Å². The molecule has 1 fully saturated rings. The van der Waals surface area contributed by atoms with Gasteiger partial charge in [-0.05, 0) is 18.8 Å². The molecule has 1 aliphatic carbocycles. The Labute approximate surface area is 87.3 Å². The average molecular weight is 214 g/mol. The SMILES string of the molecule is OC1CC(CNc2nccnc2Cl)C1. The molecule has 1 aromatic rings. The first-order valence-electron chi connectivity index (χ1n) is 4.64. The van der Waals surface area contributed by atoms with Gasteiger partial charge in [-0.1, -0.05) is 11.6 Å². The number of anilines is 1. The van der Waals surface area contributed by atoms with Gasteiger partial charge in [0.05, 0.1) is 6.10 Å². The molecule has 2 rings (SSSR count). The number of aliphatic hydroxyl groups is 1. The lowest BCUT2D eigenvalue weighted by Crippen LogP contribution is -2.33. The molecule has 0 aromatic carbocycles. The predicted octanol–water partition coefficient (Wildman–Crippen LogP) is 1.31. The van der Waals surface area contributed by atoms with Crippen LogP contribution in [0.1, 0.15) is 12.8 Å². The Balaban J connectivity index is 1.83. The van der Waals surface area contributed by atoms with Gasteiger partial charge in [0.15, 0.2) is 11.0 Å². The van der Waals surface area contributed by atoms with Gasteiger partial charge in [-0.15, -0.1) is 0 Å². The van der Waals surface area contributed by atoms with Crippen LogP contribution in [0.5, 0.6) is 0 Å². The van der Waals surface area contributed by atoms with Crippen LogP contribution in [0.25, 0.3) is 0 Å². The quantitative estimate of drug-likeness (QED) is 0.795. The second-order valence-corrected chi connectivity index (χ2v) is 3.93. The first-order valence-corrected chi connectivity index (χ1v) is 5.02. The molecular weight excluding hydrogens is 202 g/mol. The van der Waals surface area contributed by atoms with E-state index < -0.39 is 0 Å². The second kappa shape index (κ2) is 4.11. The Morgan fingerprint density at radius 2 is 2.14 bits per heavy atom. The van der Waals surface area contributed by atoms with Crippen LogP contribution in [0.2, 0.25) is 5.15 Å². The van der Waals surface area contributed by atoms with Crippen LogP contribution in [0, 0.1) is 5.92 Å². The summed E-state index contributed by atoms with van der Waals surface area (Å²) in [5.74, 6) is 1.15. The Morgan fingerprint density at radius 3 is 2.79 bits per heavy atom. The van der Waals surface area contributed by atoms with Gasteiger partial charge in [0.25, 0.3) is 0 Å². The highest BCUT2D eigenvalue weighted by Crippen LogP contribution is 2.27. The van der Waals surface area contributed by atoms with Gasteiger partial charge in [0.2, 0.25) is 0 Å². The average Bonchev–Trinajstić information content (AvgIpc) is 2.13. The second-order valence-electron chi connectivity index (χ2n) is 3.57. The number of hydrogen-bond donors (Lipinski definition) is 2. The predicted molar refractivity (Wildman–Crippen MR) is 54.3 cm³/mol. The van der Waals surface area contributed by atoms with Gasteiger partial charge in [-0.3, -0.25) is 0 Å². The zero-order chi connectivity index (χ0) is 9.97. The van der Waals surface area contributed by atoms with E-state index in [1.165, 1.54) is 0 Å². The fourth-order valence-electron chi connectivity index (χ4n) is 1.55. The van der Waals surface area contributed by atoms with E-state index in [-0.39, 0.29) is 6.10 Å². The molecule has 0 atom stereocenters. The van der Waals surface area contributed by atoms with Gasteiger partial charge in [-0.25, -0.2) is 9.97 Å². The van der Waals surface area contributed by atoms with Crippen LogP contribution in [0.3, 0.4) is 0 Å². The van der Waals surface area contributed by atoms with Gasteiger partial charge in [0.1, 0.15) is 0 Å². The maximum Gasteiger partial charge on any atom is 0.171 e. The molecule has 2 N–H and O–H groups in total. The molecule has 4 nitrogen and oxygen atoms in total. The van der Waals surface area contributed by atoms with Gasteiger partial charge in [-0.2, -0.15) is 0 Å². The lowest BCUT2D eigenvalue weighted by molar-refractivity contribution is 0.0486. The van der Waals surface area contributed by atoms with Crippen molar-refractivity contribution in [1.82, 2.24) is 9.97 Å². The first kappa shape index (κ1) is 9.68. The Kier molecular flexibility index (Phi) is 2.84. The van der Waals surface area contributed by atoms with E-state index in [2.05, 4.69) is 15.3 Å². The van der Waals surface area contributed by atoms with E-state index in [0.29, 0.717) is 16.9 Å². The number of halogens is 1. The molecule has 0 saturated heterocycles. The van der Waals surface area contributed by atoms with Crippen molar-refractivity contribution >= 4 is 17.4 Å². The number of nitrogens with zero attached hydrogens (tertiary/aromatic N) is 2. The third-order valence-electron chi connectivity index (χ3n) is 2.42. The third-order valence-corrected chi connectivity index (χ3v) is 2.70. The van der Waals surface area contributed by atoms with Gasteiger partial charge < -0.3 is 10.4 Å². The summed E-state index contributed by atoms with van der Waals surface area (Å²) in [4.78, 5) is 7.97. The van der Waals surface area contributed by atoms with Gasteiger partial charge in [0, 0.05) is 18.9 Å². The van der Waals surface area contributed by atoms with E-state index in [1.807, 2.05) is 0 Å². The molecule has 0 bridgehead atoms.